The van der Waals surface area contributed by atoms with Crippen molar-refractivity contribution in [1.82, 2.24) is 10.6 Å². The highest BCUT2D eigenvalue weighted by molar-refractivity contribution is 4.80. The van der Waals surface area contributed by atoms with Gasteiger partial charge in [0.05, 0.1) is 6.61 Å². The van der Waals surface area contributed by atoms with Crippen LogP contribution < -0.4 is 10.6 Å². The van der Waals surface area contributed by atoms with Crippen LogP contribution in [0.4, 0.5) is 0 Å². The molecular formula is C12H26N2O. The van der Waals surface area contributed by atoms with Gasteiger partial charge in [-0.1, -0.05) is 6.92 Å². The summed E-state index contributed by atoms with van der Waals surface area (Å²) in [5, 5.41) is 6.94. The van der Waals surface area contributed by atoms with E-state index < -0.39 is 0 Å². The van der Waals surface area contributed by atoms with Crippen molar-refractivity contribution in [3.8, 4) is 0 Å². The molecule has 1 aliphatic carbocycles. The Kier molecular flexibility index (Phi) is 6.98. The predicted molar refractivity (Wildman–Crippen MR) is 64.2 cm³/mol. The minimum absolute atomic E-state index is 0.677. The first-order valence-corrected chi connectivity index (χ1v) is 6.29. The SMILES string of the molecule is CCNCC(CCCNC1CC1)COC. The molecule has 1 atom stereocenters. The Morgan fingerprint density at radius 2 is 2.20 bits per heavy atom. The van der Waals surface area contributed by atoms with Gasteiger partial charge in [0, 0.05) is 19.7 Å². The number of hydrogen-bond donors (Lipinski definition) is 2. The van der Waals surface area contributed by atoms with Gasteiger partial charge in [-0.15, -0.1) is 0 Å². The van der Waals surface area contributed by atoms with Crippen molar-refractivity contribution >= 4 is 0 Å². The van der Waals surface area contributed by atoms with Crippen molar-refractivity contribution in [2.75, 3.05) is 33.4 Å². The Hall–Kier alpha value is -0.120. The minimum Gasteiger partial charge on any atom is -0.384 e. The summed E-state index contributed by atoms with van der Waals surface area (Å²) in [7, 11) is 1.79. The van der Waals surface area contributed by atoms with Gasteiger partial charge in [0.2, 0.25) is 0 Å². The van der Waals surface area contributed by atoms with E-state index in [2.05, 4.69) is 17.6 Å². The molecule has 0 aromatic rings. The molecule has 0 heterocycles. The lowest BCUT2D eigenvalue weighted by molar-refractivity contribution is 0.145. The van der Waals surface area contributed by atoms with Crippen LogP contribution in [0.5, 0.6) is 0 Å². The summed E-state index contributed by atoms with van der Waals surface area (Å²) < 4.78 is 5.23. The van der Waals surface area contributed by atoms with E-state index in [0.29, 0.717) is 5.92 Å². The average Bonchev–Trinajstić information content (AvgIpc) is 3.04. The van der Waals surface area contributed by atoms with Crippen molar-refractivity contribution in [1.29, 1.82) is 0 Å². The summed E-state index contributed by atoms with van der Waals surface area (Å²) in [4.78, 5) is 0. The number of nitrogens with one attached hydrogen (secondary N) is 2. The highest BCUT2D eigenvalue weighted by Crippen LogP contribution is 2.18. The molecule has 3 heteroatoms. The largest absolute Gasteiger partial charge is 0.384 e. The maximum Gasteiger partial charge on any atom is 0.0502 e. The van der Waals surface area contributed by atoms with Crippen LogP contribution in [0.2, 0.25) is 0 Å². The lowest BCUT2D eigenvalue weighted by atomic mass is 10.0. The third-order valence-corrected chi connectivity index (χ3v) is 2.88. The predicted octanol–water partition coefficient (Wildman–Crippen LogP) is 1.39. The molecule has 0 spiro atoms. The Morgan fingerprint density at radius 1 is 1.40 bits per heavy atom. The molecule has 90 valence electrons. The van der Waals surface area contributed by atoms with E-state index in [1.807, 2.05) is 0 Å². The summed E-state index contributed by atoms with van der Waals surface area (Å²) in [6.45, 7) is 6.36. The van der Waals surface area contributed by atoms with Gasteiger partial charge < -0.3 is 15.4 Å². The van der Waals surface area contributed by atoms with Gasteiger partial charge in [-0.2, -0.15) is 0 Å². The van der Waals surface area contributed by atoms with Crippen molar-refractivity contribution in [3.63, 3.8) is 0 Å². The molecule has 0 aromatic carbocycles. The van der Waals surface area contributed by atoms with Crippen LogP contribution in [0.25, 0.3) is 0 Å². The van der Waals surface area contributed by atoms with Crippen molar-refractivity contribution in [2.24, 2.45) is 5.92 Å². The number of hydrogen-bond acceptors (Lipinski definition) is 3. The number of ether oxygens (including phenoxy) is 1. The molecule has 0 radical (unpaired) electrons. The minimum atomic E-state index is 0.677. The van der Waals surface area contributed by atoms with E-state index in [1.54, 1.807) is 7.11 Å². The Balaban J connectivity index is 1.95. The summed E-state index contributed by atoms with van der Waals surface area (Å²) >= 11 is 0. The van der Waals surface area contributed by atoms with Gasteiger partial charge in [0.1, 0.15) is 0 Å². The van der Waals surface area contributed by atoms with E-state index in [9.17, 15) is 0 Å². The van der Waals surface area contributed by atoms with Gasteiger partial charge in [-0.05, 0) is 44.7 Å². The van der Waals surface area contributed by atoms with Crippen molar-refractivity contribution < 1.29 is 4.74 Å². The summed E-state index contributed by atoms with van der Waals surface area (Å²) in [5.41, 5.74) is 0. The summed E-state index contributed by atoms with van der Waals surface area (Å²) in [6, 6.07) is 0.847. The molecule has 1 aliphatic rings. The summed E-state index contributed by atoms with van der Waals surface area (Å²) in [6.07, 6.45) is 5.31. The van der Waals surface area contributed by atoms with E-state index in [-0.39, 0.29) is 0 Å². The summed E-state index contributed by atoms with van der Waals surface area (Å²) in [5.74, 6) is 0.677. The quantitative estimate of drug-likeness (QED) is 0.539. The van der Waals surface area contributed by atoms with E-state index >= 15 is 0 Å². The molecule has 0 saturated heterocycles. The van der Waals surface area contributed by atoms with Crippen molar-refractivity contribution in [2.45, 2.75) is 38.6 Å². The molecular weight excluding hydrogens is 188 g/mol. The molecule has 1 saturated carbocycles. The molecule has 0 bridgehead atoms. The molecule has 0 aromatic heterocycles. The first-order chi connectivity index (χ1) is 7.36. The maximum absolute atomic E-state index is 5.23. The van der Waals surface area contributed by atoms with Crippen LogP contribution in [0, 0.1) is 5.92 Å². The zero-order valence-electron chi connectivity index (χ0n) is 10.2. The van der Waals surface area contributed by atoms with Crippen molar-refractivity contribution in [3.05, 3.63) is 0 Å². The Labute approximate surface area is 94.0 Å². The Bertz CT molecular complexity index is 149. The lowest BCUT2D eigenvalue weighted by Gasteiger charge is -2.16. The van der Waals surface area contributed by atoms with Crippen LogP contribution in [0.15, 0.2) is 0 Å². The second kappa shape index (κ2) is 8.08. The molecule has 0 amide bonds. The maximum atomic E-state index is 5.23. The van der Waals surface area contributed by atoms with Gasteiger partial charge in [0.15, 0.2) is 0 Å². The van der Waals surface area contributed by atoms with Crippen LogP contribution in [-0.2, 0) is 4.74 Å². The topological polar surface area (TPSA) is 33.3 Å². The Morgan fingerprint density at radius 3 is 2.80 bits per heavy atom. The molecule has 1 unspecified atom stereocenters. The van der Waals surface area contributed by atoms with Crippen LogP contribution in [0.3, 0.4) is 0 Å². The number of rotatable bonds is 10. The lowest BCUT2D eigenvalue weighted by Crippen LogP contribution is -2.27. The third-order valence-electron chi connectivity index (χ3n) is 2.88. The zero-order chi connectivity index (χ0) is 10.9. The van der Waals surface area contributed by atoms with Gasteiger partial charge in [0.25, 0.3) is 0 Å². The molecule has 0 aliphatic heterocycles. The molecule has 2 N–H and O–H groups in total. The second-order valence-electron chi connectivity index (χ2n) is 4.50. The highest BCUT2D eigenvalue weighted by atomic mass is 16.5. The van der Waals surface area contributed by atoms with E-state index in [0.717, 1.165) is 25.7 Å². The standard InChI is InChI=1S/C12H26N2O/c1-3-13-9-11(10-15-2)5-4-8-14-12-6-7-12/h11-14H,3-10H2,1-2H3. The third kappa shape index (κ3) is 6.88. The molecule has 1 rings (SSSR count). The molecule has 3 nitrogen and oxygen atoms in total. The second-order valence-corrected chi connectivity index (χ2v) is 4.50. The van der Waals surface area contributed by atoms with Gasteiger partial charge >= 0.3 is 0 Å². The monoisotopic (exact) mass is 214 g/mol. The first-order valence-electron chi connectivity index (χ1n) is 6.29. The first kappa shape index (κ1) is 12.9. The van der Waals surface area contributed by atoms with E-state index in [4.69, 9.17) is 4.74 Å². The fraction of sp³-hybridized carbons (Fsp3) is 1.00. The smallest absolute Gasteiger partial charge is 0.0502 e. The van der Waals surface area contributed by atoms with Gasteiger partial charge in [-0.25, -0.2) is 0 Å². The fourth-order valence-electron chi connectivity index (χ4n) is 1.81. The zero-order valence-corrected chi connectivity index (χ0v) is 10.2. The molecule has 1 fully saturated rings. The number of methoxy groups -OCH3 is 1. The van der Waals surface area contributed by atoms with Crippen LogP contribution in [0.1, 0.15) is 32.6 Å². The highest BCUT2D eigenvalue weighted by Gasteiger charge is 2.19. The molecule has 15 heavy (non-hydrogen) atoms. The van der Waals surface area contributed by atoms with Crippen LogP contribution in [-0.4, -0.2) is 39.4 Å². The van der Waals surface area contributed by atoms with Crippen LogP contribution >= 0.6 is 0 Å². The normalized spacial score (nSPS) is 18.0. The fourth-order valence-corrected chi connectivity index (χ4v) is 1.81. The average molecular weight is 214 g/mol. The van der Waals surface area contributed by atoms with Gasteiger partial charge in [-0.3, -0.25) is 0 Å². The van der Waals surface area contributed by atoms with E-state index in [1.165, 1.54) is 32.2 Å².